The van der Waals surface area contributed by atoms with Crippen molar-refractivity contribution in [2.45, 2.75) is 64.1 Å². The molecular formula is C18H29N3O3S. The average Bonchev–Trinajstić information content (AvgIpc) is 3.04. The van der Waals surface area contributed by atoms with Crippen LogP contribution in [-0.4, -0.2) is 59.0 Å². The van der Waals surface area contributed by atoms with Crippen molar-refractivity contribution in [3.05, 3.63) is 11.1 Å². The van der Waals surface area contributed by atoms with Crippen LogP contribution in [-0.2, 0) is 4.74 Å². The molecule has 1 N–H and O–H groups in total. The standard InChI is InChI=1S/C18H29N3O3S/c1-18(2,3)24-17(23)21-8-4-13(5-9-21)15-12-19-16(25-15)20-10-6-14(22)7-11-20/h12-14,22H,4-11H2,1-3H3. The van der Waals surface area contributed by atoms with Crippen molar-refractivity contribution in [2.75, 3.05) is 31.1 Å². The first-order valence-corrected chi connectivity index (χ1v) is 10.00. The van der Waals surface area contributed by atoms with Gasteiger partial charge < -0.3 is 19.6 Å². The summed E-state index contributed by atoms with van der Waals surface area (Å²) in [4.78, 5) is 22.2. The van der Waals surface area contributed by atoms with Gasteiger partial charge in [0.2, 0.25) is 0 Å². The first-order chi connectivity index (χ1) is 11.8. The molecule has 2 fully saturated rings. The highest BCUT2D eigenvalue weighted by Gasteiger charge is 2.29. The number of aliphatic hydroxyl groups excluding tert-OH is 1. The predicted octanol–water partition coefficient (Wildman–Crippen LogP) is 3.22. The molecule has 0 spiro atoms. The number of likely N-dealkylation sites (tertiary alicyclic amines) is 1. The summed E-state index contributed by atoms with van der Waals surface area (Å²) in [6, 6.07) is 0. The van der Waals surface area contributed by atoms with Crippen molar-refractivity contribution in [3.63, 3.8) is 0 Å². The Balaban J connectivity index is 1.52. The van der Waals surface area contributed by atoms with E-state index in [4.69, 9.17) is 4.74 Å². The van der Waals surface area contributed by atoms with Crippen LogP contribution in [0.2, 0.25) is 0 Å². The molecule has 6 nitrogen and oxygen atoms in total. The Kier molecular flexibility index (Phi) is 5.53. The summed E-state index contributed by atoms with van der Waals surface area (Å²) in [7, 11) is 0. The zero-order valence-electron chi connectivity index (χ0n) is 15.4. The van der Waals surface area contributed by atoms with E-state index in [0.29, 0.717) is 5.92 Å². The first-order valence-electron chi connectivity index (χ1n) is 9.18. The summed E-state index contributed by atoms with van der Waals surface area (Å²) in [5, 5.41) is 10.7. The van der Waals surface area contributed by atoms with Gasteiger partial charge in [-0.15, -0.1) is 11.3 Å². The molecule has 0 unspecified atom stereocenters. The number of aliphatic hydroxyl groups is 1. The first kappa shape index (κ1) is 18.5. The third-order valence-electron chi connectivity index (χ3n) is 4.80. The summed E-state index contributed by atoms with van der Waals surface area (Å²) in [6.07, 6.45) is 5.19. The van der Waals surface area contributed by atoms with Crippen molar-refractivity contribution >= 4 is 22.6 Å². The number of anilines is 1. The zero-order valence-corrected chi connectivity index (χ0v) is 16.2. The second-order valence-corrected chi connectivity index (χ2v) is 9.05. The molecule has 7 heteroatoms. The van der Waals surface area contributed by atoms with E-state index in [0.717, 1.165) is 57.0 Å². The molecule has 2 saturated heterocycles. The van der Waals surface area contributed by atoms with E-state index in [1.807, 2.05) is 31.9 Å². The van der Waals surface area contributed by atoms with E-state index in [1.165, 1.54) is 4.88 Å². The van der Waals surface area contributed by atoms with Crippen molar-refractivity contribution in [3.8, 4) is 0 Å². The van der Waals surface area contributed by atoms with Crippen molar-refractivity contribution in [2.24, 2.45) is 0 Å². The molecule has 0 atom stereocenters. The van der Waals surface area contributed by atoms with E-state index in [-0.39, 0.29) is 12.2 Å². The third kappa shape index (κ3) is 4.85. The Morgan fingerprint density at radius 3 is 2.44 bits per heavy atom. The van der Waals surface area contributed by atoms with Crippen LogP contribution in [0.5, 0.6) is 0 Å². The number of hydrogen-bond donors (Lipinski definition) is 1. The van der Waals surface area contributed by atoms with Crippen molar-refractivity contribution in [1.29, 1.82) is 0 Å². The van der Waals surface area contributed by atoms with E-state index < -0.39 is 5.60 Å². The van der Waals surface area contributed by atoms with Crippen LogP contribution in [0.25, 0.3) is 0 Å². The minimum Gasteiger partial charge on any atom is -0.444 e. The molecular weight excluding hydrogens is 338 g/mol. The molecule has 140 valence electrons. The SMILES string of the molecule is CC(C)(C)OC(=O)N1CCC(c2cnc(N3CCC(O)CC3)s2)CC1. The highest BCUT2D eigenvalue weighted by Crippen LogP contribution is 2.35. The molecule has 1 amide bonds. The lowest BCUT2D eigenvalue weighted by molar-refractivity contribution is 0.0205. The van der Waals surface area contributed by atoms with Crippen LogP contribution in [0.4, 0.5) is 9.93 Å². The fraction of sp³-hybridized carbons (Fsp3) is 0.778. The number of nitrogens with zero attached hydrogens (tertiary/aromatic N) is 3. The summed E-state index contributed by atoms with van der Waals surface area (Å²) < 4.78 is 5.46. The van der Waals surface area contributed by atoms with Gasteiger partial charge in [-0.2, -0.15) is 0 Å². The summed E-state index contributed by atoms with van der Waals surface area (Å²) in [5.41, 5.74) is -0.442. The highest BCUT2D eigenvalue weighted by molar-refractivity contribution is 7.15. The molecule has 25 heavy (non-hydrogen) atoms. The number of carbonyl (C=O) groups is 1. The maximum atomic E-state index is 12.2. The Hall–Kier alpha value is -1.34. The molecule has 3 rings (SSSR count). The second-order valence-electron chi connectivity index (χ2n) is 8.01. The number of carbonyl (C=O) groups excluding carboxylic acids is 1. The fourth-order valence-electron chi connectivity index (χ4n) is 3.34. The number of ether oxygens (including phenoxy) is 1. The molecule has 0 radical (unpaired) electrons. The molecule has 2 aliphatic rings. The van der Waals surface area contributed by atoms with Gasteiger partial charge in [-0.1, -0.05) is 0 Å². The van der Waals surface area contributed by atoms with Crippen LogP contribution in [0, 0.1) is 0 Å². The quantitative estimate of drug-likeness (QED) is 0.869. The molecule has 2 aliphatic heterocycles. The minimum absolute atomic E-state index is 0.159. The van der Waals surface area contributed by atoms with Gasteiger partial charge in [-0.25, -0.2) is 9.78 Å². The van der Waals surface area contributed by atoms with E-state index in [2.05, 4.69) is 9.88 Å². The molecule has 0 bridgehead atoms. The van der Waals surface area contributed by atoms with Crippen molar-refractivity contribution in [1.82, 2.24) is 9.88 Å². The number of rotatable bonds is 2. The Bertz CT molecular complexity index is 583. The maximum absolute atomic E-state index is 12.2. The van der Waals surface area contributed by atoms with Gasteiger partial charge in [0.05, 0.1) is 6.10 Å². The lowest BCUT2D eigenvalue weighted by Crippen LogP contribution is -2.41. The van der Waals surface area contributed by atoms with Crippen LogP contribution in [0.1, 0.15) is 57.2 Å². The molecule has 1 aromatic heterocycles. The lowest BCUT2D eigenvalue weighted by Gasteiger charge is -2.33. The summed E-state index contributed by atoms with van der Waals surface area (Å²) in [5.74, 6) is 0.473. The number of amides is 1. The van der Waals surface area contributed by atoms with Gasteiger partial charge >= 0.3 is 6.09 Å². The largest absolute Gasteiger partial charge is 0.444 e. The number of thiazole rings is 1. The zero-order chi connectivity index (χ0) is 18.0. The second kappa shape index (κ2) is 7.50. The van der Waals surface area contributed by atoms with Gasteiger partial charge in [0.1, 0.15) is 5.60 Å². The van der Waals surface area contributed by atoms with E-state index in [9.17, 15) is 9.90 Å². The third-order valence-corrected chi connectivity index (χ3v) is 6.02. The lowest BCUT2D eigenvalue weighted by atomic mass is 9.96. The fourth-order valence-corrected chi connectivity index (χ4v) is 4.48. The predicted molar refractivity (Wildman–Crippen MR) is 99.3 cm³/mol. The van der Waals surface area contributed by atoms with Gasteiger partial charge in [-0.3, -0.25) is 0 Å². The smallest absolute Gasteiger partial charge is 0.410 e. The van der Waals surface area contributed by atoms with Crippen LogP contribution in [0.3, 0.4) is 0 Å². The van der Waals surface area contributed by atoms with E-state index in [1.54, 1.807) is 11.3 Å². The van der Waals surface area contributed by atoms with Crippen molar-refractivity contribution < 1.29 is 14.6 Å². The summed E-state index contributed by atoms with van der Waals surface area (Å²) in [6.45, 7) is 8.93. The maximum Gasteiger partial charge on any atom is 0.410 e. The number of piperidine rings is 2. The number of aromatic nitrogens is 1. The number of hydrogen-bond acceptors (Lipinski definition) is 6. The van der Waals surface area contributed by atoms with Gasteiger partial charge in [0.25, 0.3) is 0 Å². The molecule has 3 heterocycles. The molecule has 0 aromatic carbocycles. The highest BCUT2D eigenvalue weighted by atomic mass is 32.1. The van der Waals surface area contributed by atoms with Crippen LogP contribution in [0.15, 0.2) is 6.20 Å². The Morgan fingerprint density at radius 2 is 1.84 bits per heavy atom. The average molecular weight is 368 g/mol. The van der Waals surface area contributed by atoms with Gasteiger partial charge in [0.15, 0.2) is 5.13 Å². The van der Waals surface area contributed by atoms with Gasteiger partial charge in [0, 0.05) is 37.3 Å². The molecule has 1 aromatic rings. The minimum atomic E-state index is -0.442. The summed E-state index contributed by atoms with van der Waals surface area (Å²) >= 11 is 1.77. The van der Waals surface area contributed by atoms with Gasteiger partial charge in [-0.05, 0) is 52.4 Å². The van der Waals surface area contributed by atoms with Crippen LogP contribution < -0.4 is 4.90 Å². The normalized spacial score (nSPS) is 20.8. The van der Waals surface area contributed by atoms with Crippen LogP contribution >= 0.6 is 11.3 Å². The topological polar surface area (TPSA) is 65.9 Å². The molecule has 0 aliphatic carbocycles. The van der Waals surface area contributed by atoms with E-state index >= 15 is 0 Å². The Labute approximate surface area is 153 Å². The molecule has 0 saturated carbocycles. The Morgan fingerprint density at radius 1 is 1.20 bits per heavy atom. The monoisotopic (exact) mass is 367 g/mol.